The Morgan fingerprint density at radius 1 is 1.29 bits per heavy atom. The average Bonchev–Trinajstić information content (AvgIpc) is 2.25. The van der Waals surface area contributed by atoms with E-state index in [2.05, 4.69) is 19.2 Å². The van der Waals surface area contributed by atoms with Gasteiger partial charge in [0.25, 0.3) is 0 Å². The second-order valence-corrected chi connectivity index (χ2v) is 4.67. The summed E-state index contributed by atoms with van der Waals surface area (Å²) in [5.74, 6) is 0.979. The molecule has 96 valence electrons. The van der Waals surface area contributed by atoms with Gasteiger partial charge < -0.3 is 10.1 Å². The van der Waals surface area contributed by atoms with Gasteiger partial charge >= 0.3 is 0 Å². The first-order valence-corrected chi connectivity index (χ1v) is 6.24. The molecule has 0 radical (unpaired) electrons. The van der Waals surface area contributed by atoms with Crippen molar-refractivity contribution in [3.63, 3.8) is 0 Å². The van der Waals surface area contributed by atoms with Gasteiger partial charge in [-0.25, -0.2) is 4.39 Å². The Balaban J connectivity index is 2.55. The van der Waals surface area contributed by atoms with E-state index in [9.17, 15) is 4.39 Å². The molecule has 17 heavy (non-hydrogen) atoms. The summed E-state index contributed by atoms with van der Waals surface area (Å²) in [6, 6.07) is 4.87. The lowest BCUT2D eigenvalue weighted by molar-refractivity contribution is 0.315. The molecule has 0 amide bonds. The van der Waals surface area contributed by atoms with E-state index in [1.807, 2.05) is 13.0 Å². The van der Waals surface area contributed by atoms with Crippen LogP contribution in [0, 0.1) is 11.7 Å². The fourth-order valence-corrected chi connectivity index (χ4v) is 1.53. The van der Waals surface area contributed by atoms with Crippen molar-refractivity contribution in [3.05, 3.63) is 29.6 Å². The van der Waals surface area contributed by atoms with E-state index >= 15 is 0 Å². The number of hydrogen-bond acceptors (Lipinski definition) is 2. The second kappa shape index (κ2) is 7.28. The summed E-state index contributed by atoms with van der Waals surface area (Å²) >= 11 is 0. The van der Waals surface area contributed by atoms with Crippen LogP contribution in [0.15, 0.2) is 18.2 Å². The molecule has 0 unspecified atom stereocenters. The molecule has 0 aliphatic heterocycles. The normalized spacial score (nSPS) is 10.9. The Kier molecular flexibility index (Phi) is 5.98. The van der Waals surface area contributed by atoms with Gasteiger partial charge in [0.2, 0.25) is 0 Å². The van der Waals surface area contributed by atoms with Crippen LogP contribution in [-0.2, 0) is 6.54 Å². The first-order valence-electron chi connectivity index (χ1n) is 6.24. The molecule has 1 N–H and O–H groups in total. The standard InChI is InChI=1S/C14H22FNO/c1-4-5-17-14-7-12(6-13(15)8-14)10-16-9-11(2)3/h6-8,11,16H,4-5,9-10H2,1-3H3. The number of nitrogens with one attached hydrogen (secondary N) is 1. The fraction of sp³-hybridized carbons (Fsp3) is 0.571. The van der Waals surface area contributed by atoms with Crippen LogP contribution in [0.2, 0.25) is 0 Å². The maximum Gasteiger partial charge on any atom is 0.127 e. The van der Waals surface area contributed by atoms with Gasteiger partial charge in [0.05, 0.1) is 6.61 Å². The first-order chi connectivity index (χ1) is 8.11. The highest BCUT2D eigenvalue weighted by Gasteiger charge is 2.02. The molecular formula is C14H22FNO. The van der Waals surface area contributed by atoms with Crippen LogP contribution < -0.4 is 10.1 Å². The lowest BCUT2D eigenvalue weighted by Crippen LogP contribution is -2.19. The molecule has 0 saturated carbocycles. The van der Waals surface area contributed by atoms with Gasteiger partial charge in [0.1, 0.15) is 11.6 Å². The van der Waals surface area contributed by atoms with Gasteiger partial charge in [-0.1, -0.05) is 20.8 Å². The summed E-state index contributed by atoms with van der Waals surface area (Å²) < 4.78 is 18.8. The lowest BCUT2D eigenvalue weighted by atomic mass is 10.2. The molecule has 0 saturated heterocycles. The molecule has 0 aromatic heterocycles. The largest absolute Gasteiger partial charge is 0.493 e. The SMILES string of the molecule is CCCOc1cc(F)cc(CNCC(C)C)c1. The monoisotopic (exact) mass is 239 g/mol. The molecule has 0 aliphatic carbocycles. The van der Waals surface area contributed by atoms with E-state index in [1.54, 1.807) is 6.07 Å². The van der Waals surface area contributed by atoms with Crippen LogP contribution in [0.5, 0.6) is 5.75 Å². The highest BCUT2D eigenvalue weighted by molar-refractivity contribution is 5.29. The third-order valence-corrected chi connectivity index (χ3v) is 2.29. The fourth-order valence-electron chi connectivity index (χ4n) is 1.53. The van der Waals surface area contributed by atoms with Crippen molar-refractivity contribution in [3.8, 4) is 5.75 Å². The van der Waals surface area contributed by atoms with Crippen molar-refractivity contribution in [1.82, 2.24) is 5.32 Å². The van der Waals surface area contributed by atoms with Crippen molar-refractivity contribution in [2.75, 3.05) is 13.2 Å². The van der Waals surface area contributed by atoms with Crippen molar-refractivity contribution < 1.29 is 9.13 Å². The molecule has 0 aliphatic rings. The Labute approximate surface area is 103 Å². The van der Waals surface area contributed by atoms with Crippen molar-refractivity contribution in [2.45, 2.75) is 33.7 Å². The molecule has 1 rings (SSSR count). The van der Waals surface area contributed by atoms with Crippen LogP contribution in [0.1, 0.15) is 32.8 Å². The van der Waals surface area contributed by atoms with E-state index in [4.69, 9.17) is 4.74 Å². The zero-order valence-electron chi connectivity index (χ0n) is 10.9. The smallest absolute Gasteiger partial charge is 0.127 e. The summed E-state index contributed by atoms with van der Waals surface area (Å²) in [7, 11) is 0. The zero-order chi connectivity index (χ0) is 12.7. The topological polar surface area (TPSA) is 21.3 Å². The molecule has 0 heterocycles. The summed E-state index contributed by atoms with van der Waals surface area (Å²) in [4.78, 5) is 0. The minimum atomic E-state index is -0.236. The predicted molar refractivity (Wildman–Crippen MR) is 68.7 cm³/mol. The molecule has 0 spiro atoms. The highest BCUT2D eigenvalue weighted by atomic mass is 19.1. The van der Waals surface area contributed by atoms with Crippen LogP contribution >= 0.6 is 0 Å². The summed E-state index contributed by atoms with van der Waals surface area (Å²) in [6.07, 6.45) is 0.928. The summed E-state index contributed by atoms with van der Waals surface area (Å²) in [5.41, 5.74) is 0.928. The Morgan fingerprint density at radius 3 is 2.71 bits per heavy atom. The van der Waals surface area contributed by atoms with E-state index in [0.717, 1.165) is 18.5 Å². The van der Waals surface area contributed by atoms with E-state index in [1.165, 1.54) is 6.07 Å². The van der Waals surface area contributed by atoms with Gasteiger partial charge in [0, 0.05) is 12.6 Å². The zero-order valence-corrected chi connectivity index (χ0v) is 10.9. The van der Waals surface area contributed by atoms with Gasteiger partial charge in [-0.15, -0.1) is 0 Å². The maximum absolute atomic E-state index is 13.3. The van der Waals surface area contributed by atoms with Gasteiger partial charge in [-0.05, 0) is 36.6 Å². The minimum absolute atomic E-state index is 0.236. The van der Waals surface area contributed by atoms with E-state index in [-0.39, 0.29) is 5.82 Å². The van der Waals surface area contributed by atoms with E-state index < -0.39 is 0 Å². The third-order valence-electron chi connectivity index (χ3n) is 2.29. The molecule has 3 heteroatoms. The summed E-state index contributed by atoms with van der Waals surface area (Å²) in [6.45, 7) is 8.57. The Hall–Kier alpha value is -1.09. The molecule has 2 nitrogen and oxygen atoms in total. The number of benzene rings is 1. The van der Waals surface area contributed by atoms with Crippen LogP contribution in [0.25, 0.3) is 0 Å². The lowest BCUT2D eigenvalue weighted by Gasteiger charge is -2.10. The second-order valence-electron chi connectivity index (χ2n) is 4.67. The quantitative estimate of drug-likeness (QED) is 0.787. The number of ether oxygens (including phenoxy) is 1. The maximum atomic E-state index is 13.3. The highest BCUT2D eigenvalue weighted by Crippen LogP contribution is 2.16. The molecule has 0 bridgehead atoms. The van der Waals surface area contributed by atoms with Crippen LogP contribution in [-0.4, -0.2) is 13.2 Å². The van der Waals surface area contributed by atoms with Crippen molar-refractivity contribution in [2.24, 2.45) is 5.92 Å². The van der Waals surface area contributed by atoms with Gasteiger partial charge in [-0.3, -0.25) is 0 Å². The number of halogens is 1. The van der Waals surface area contributed by atoms with Crippen molar-refractivity contribution >= 4 is 0 Å². The molecule has 0 atom stereocenters. The average molecular weight is 239 g/mol. The number of hydrogen-bond donors (Lipinski definition) is 1. The Morgan fingerprint density at radius 2 is 2.06 bits per heavy atom. The predicted octanol–water partition coefficient (Wildman–Crippen LogP) is 3.36. The molecular weight excluding hydrogens is 217 g/mol. The Bertz CT molecular complexity index is 339. The third kappa shape index (κ3) is 5.68. The molecule has 1 aromatic carbocycles. The minimum Gasteiger partial charge on any atom is -0.493 e. The van der Waals surface area contributed by atoms with Gasteiger partial charge in [-0.2, -0.15) is 0 Å². The van der Waals surface area contributed by atoms with Crippen LogP contribution in [0.3, 0.4) is 0 Å². The van der Waals surface area contributed by atoms with Crippen molar-refractivity contribution in [1.29, 1.82) is 0 Å². The van der Waals surface area contributed by atoms with E-state index in [0.29, 0.717) is 24.8 Å². The summed E-state index contributed by atoms with van der Waals surface area (Å²) in [5, 5.41) is 3.29. The molecule has 1 aromatic rings. The molecule has 0 fully saturated rings. The van der Waals surface area contributed by atoms with Gasteiger partial charge in [0.15, 0.2) is 0 Å². The number of rotatable bonds is 7. The van der Waals surface area contributed by atoms with Crippen LogP contribution in [0.4, 0.5) is 4.39 Å². The first kappa shape index (κ1) is 14.0.